The first kappa shape index (κ1) is 5.82. The molecule has 1 aliphatic carbocycles. The van der Waals surface area contributed by atoms with Crippen molar-refractivity contribution in [2.75, 3.05) is 0 Å². The highest BCUT2D eigenvalue weighted by Gasteiger charge is 2.24. The lowest BCUT2D eigenvalue weighted by Gasteiger charge is -2.29. The van der Waals surface area contributed by atoms with E-state index in [4.69, 9.17) is 3.07 Å². The van der Waals surface area contributed by atoms with Crippen LogP contribution in [0.25, 0.3) is 0 Å². The Morgan fingerprint density at radius 1 is 1.57 bits per heavy atom. The molecule has 0 N–H and O–H groups in total. The Bertz CT molecular complexity index is 59.1. The molecule has 1 aliphatic rings. The molecule has 0 aromatic carbocycles. The molecule has 0 radical (unpaired) electrons. The minimum Gasteiger partial charge on any atom is -0.312 e. The predicted octanol–water partition coefficient (Wildman–Crippen LogP) is 2.15. The molecule has 0 spiro atoms. The van der Waals surface area contributed by atoms with Crippen LogP contribution in [0, 0.1) is 5.92 Å². The lowest BCUT2D eigenvalue weighted by molar-refractivity contribution is 0.117. The summed E-state index contributed by atoms with van der Waals surface area (Å²) in [5.41, 5.74) is 0. The maximum atomic E-state index is 5.03. The van der Waals surface area contributed by atoms with E-state index in [0.29, 0.717) is 6.10 Å². The van der Waals surface area contributed by atoms with E-state index >= 15 is 0 Å². The second kappa shape index (κ2) is 2.31. The van der Waals surface area contributed by atoms with Gasteiger partial charge in [-0.2, -0.15) is 0 Å². The first-order chi connectivity index (χ1) is 3.33. The summed E-state index contributed by atoms with van der Waals surface area (Å²) in [6.45, 7) is 2.26. The minimum atomic E-state index is 0.579. The van der Waals surface area contributed by atoms with Crippen molar-refractivity contribution < 1.29 is 3.07 Å². The van der Waals surface area contributed by atoms with Crippen LogP contribution in [0.2, 0.25) is 0 Å². The fraction of sp³-hybridized carbons (Fsp3) is 1.00. The molecule has 0 aromatic rings. The Labute approximate surface area is 58.1 Å². The van der Waals surface area contributed by atoms with E-state index in [1.165, 1.54) is 12.8 Å². The van der Waals surface area contributed by atoms with E-state index in [1.807, 2.05) is 23.0 Å². The first-order valence-electron chi connectivity index (χ1n) is 2.60. The highest BCUT2D eigenvalue weighted by Crippen LogP contribution is 2.30. The molecule has 1 saturated carbocycles. The molecule has 2 heteroatoms. The highest BCUT2D eigenvalue weighted by atomic mass is 127. The third kappa shape index (κ3) is 1.29. The van der Waals surface area contributed by atoms with Crippen LogP contribution in [0.1, 0.15) is 19.8 Å². The van der Waals surface area contributed by atoms with Crippen molar-refractivity contribution in [1.29, 1.82) is 0 Å². The fourth-order valence-corrected chi connectivity index (χ4v) is 1.32. The van der Waals surface area contributed by atoms with Gasteiger partial charge < -0.3 is 3.07 Å². The van der Waals surface area contributed by atoms with Crippen LogP contribution in [-0.4, -0.2) is 6.10 Å². The molecule has 1 fully saturated rings. The van der Waals surface area contributed by atoms with Crippen molar-refractivity contribution in [3.63, 3.8) is 0 Å². The van der Waals surface area contributed by atoms with Gasteiger partial charge in [0, 0.05) is 0 Å². The van der Waals surface area contributed by atoms with E-state index < -0.39 is 0 Å². The number of halogens is 1. The molecule has 0 bridgehead atoms. The molecular formula is C5H9IO. The summed E-state index contributed by atoms with van der Waals surface area (Å²) < 4.78 is 5.03. The topological polar surface area (TPSA) is 9.23 Å². The van der Waals surface area contributed by atoms with Crippen LogP contribution in [0.15, 0.2) is 0 Å². The zero-order chi connectivity index (χ0) is 5.28. The maximum Gasteiger partial charge on any atom is 0.110 e. The van der Waals surface area contributed by atoms with Crippen LogP contribution in [0.4, 0.5) is 0 Å². The van der Waals surface area contributed by atoms with E-state index in [-0.39, 0.29) is 0 Å². The van der Waals surface area contributed by atoms with Gasteiger partial charge in [0.2, 0.25) is 0 Å². The van der Waals surface area contributed by atoms with Crippen LogP contribution in [0.3, 0.4) is 0 Å². The van der Waals surface area contributed by atoms with Gasteiger partial charge in [0.1, 0.15) is 23.0 Å². The van der Waals surface area contributed by atoms with Crippen molar-refractivity contribution in [2.24, 2.45) is 5.92 Å². The van der Waals surface area contributed by atoms with E-state index in [1.54, 1.807) is 0 Å². The van der Waals surface area contributed by atoms with Gasteiger partial charge in [-0.05, 0) is 18.8 Å². The molecule has 0 atom stereocenters. The molecule has 0 aromatic heterocycles. The molecule has 7 heavy (non-hydrogen) atoms. The molecule has 1 rings (SSSR count). The Balaban J connectivity index is 2.06. The van der Waals surface area contributed by atoms with Gasteiger partial charge in [-0.1, -0.05) is 6.92 Å². The van der Waals surface area contributed by atoms with Crippen LogP contribution < -0.4 is 0 Å². The van der Waals surface area contributed by atoms with E-state index in [2.05, 4.69) is 6.92 Å². The van der Waals surface area contributed by atoms with Gasteiger partial charge >= 0.3 is 0 Å². The molecule has 0 unspecified atom stereocenters. The van der Waals surface area contributed by atoms with Gasteiger partial charge in [0.25, 0.3) is 0 Å². The van der Waals surface area contributed by atoms with Gasteiger partial charge in [0.05, 0.1) is 6.10 Å². The second-order valence-electron chi connectivity index (χ2n) is 2.29. The number of hydrogen-bond donors (Lipinski definition) is 0. The zero-order valence-electron chi connectivity index (χ0n) is 4.36. The van der Waals surface area contributed by atoms with E-state index in [9.17, 15) is 0 Å². The number of hydrogen-bond acceptors (Lipinski definition) is 1. The number of rotatable bonds is 1. The third-order valence-electron chi connectivity index (χ3n) is 1.46. The zero-order valence-corrected chi connectivity index (χ0v) is 6.51. The lowest BCUT2D eigenvalue weighted by atomic mass is 9.84. The van der Waals surface area contributed by atoms with E-state index in [0.717, 1.165) is 5.92 Å². The summed E-state index contributed by atoms with van der Waals surface area (Å²) in [5, 5.41) is 0. The van der Waals surface area contributed by atoms with Crippen molar-refractivity contribution >= 4 is 23.0 Å². The average molecular weight is 212 g/mol. The first-order valence-corrected chi connectivity index (χ1v) is 3.48. The predicted molar refractivity (Wildman–Crippen MR) is 37.3 cm³/mol. The van der Waals surface area contributed by atoms with Crippen LogP contribution >= 0.6 is 23.0 Å². The average Bonchev–Trinajstić information content (AvgIpc) is 1.58. The third-order valence-corrected chi connectivity index (χ3v) is 2.18. The summed E-state index contributed by atoms with van der Waals surface area (Å²) in [4.78, 5) is 0. The van der Waals surface area contributed by atoms with Gasteiger partial charge in [0.15, 0.2) is 0 Å². The van der Waals surface area contributed by atoms with Gasteiger partial charge in [-0.25, -0.2) is 0 Å². The molecule has 0 heterocycles. The molecule has 0 aliphatic heterocycles. The smallest absolute Gasteiger partial charge is 0.110 e. The van der Waals surface area contributed by atoms with Crippen molar-refractivity contribution in [2.45, 2.75) is 25.9 Å². The normalized spacial score (nSPS) is 40.3. The van der Waals surface area contributed by atoms with Crippen molar-refractivity contribution in [3.05, 3.63) is 0 Å². The van der Waals surface area contributed by atoms with Crippen molar-refractivity contribution in [1.82, 2.24) is 0 Å². The SMILES string of the molecule is CC1CC(OI)C1. The maximum absolute atomic E-state index is 5.03. The van der Waals surface area contributed by atoms with Gasteiger partial charge in [-0.15, -0.1) is 0 Å². The molecule has 1 nitrogen and oxygen atoms in total. The second-order valence-corrected chi connectivity index (χ2v) is 2.80. The summed E-state index contributed by atoms with van der Waals surface area (Å²) in [5.74, 6) is 0.916. The summed E-state index contributed by atoms with van der Waals surface area (Å²) in [6, 6.07) is 0. The lowest BCUT2D eigenvalue weighted by Crippen LogP contribution is -2.26. The molecular weight excluding hydrogens is 203 g/mol. The fourth-order valence-electron chi connectivity index (χ4n) is 0.901. The summed E-state index contributed by atoms with van der Waals surface area (Å²) >= 11 is 1.97. The largest absolute Gasteiger partial charge is 0.312 e. The van der Waals surface area contributed by atoms with Crippen molar-refractivity contribution in [3.8, 4) is 0 Å². The Morgan fingerprint density at radius 3 is 2.29 bits per heavy atom. The highest BCUT2D eigenvalue weighted by molar-refractivity contribution is 14.1. The summed E-state index contributed by atoms with van der Waals surface area (Å²) in [7, 11) is 0. The monoisotopic (exact) mass is 212 g/mol. The van der Waals surface area contributed by atoms with Crippen LogP contribution in [-0.2, 0) is 3.07 Å². The quantitative estimate of drug-likeness (QED) is 0.605. The Hall–Kier alpha value is 0.690. The van der Waals surface area contributed by atoms with Crippen LogP contribution in [0.5, 0.6) is 0 Å². The summed E-state index contributed by atoms with van der Waals surface area (Å²) in [6.07, 6.45) is 3.11. The molecule has 0 saturated heterocycles. The minimum absolute atomic E-state index is 0.579. The Kier molecular flexibility index (Phi) is 1.92. The molecule has 42 valence electrons. The Morgan fingerprint density at radius 2 is 2.14 bits per heavy atom. The van der Waals surface area contributed by atoms with Gasteiger partial charge in [-0.3, -0.25) is 0 Å². The standard InChI is InChI=1S/C5H9IO/c1-4-2-5(3-4)7-6/h4-5H,2-3H2,1H3. The molecule has 0 amide bonds.